The van der Waals surface area contributed by atoms with Gasteiger partial charge in [0.1, 0.15) is 0 Å². The monoisotopic (exact) mass is 253 g/mol. The van der Waals surface area contributed by atoms with Crippen LogP contribution in [0.15, 0.2) is 12.1 Å². The van der Waals surface area contributed by atoms with Gasteiger partial charge in [-0.3, -0.25) is 0 Å². The van der Waals surface area contributed by atoms with Gasteiger partial charge in [-0.1, -0.05) is 0 Å². The summed E-state index contributed by atoms with van der Waals surface area (Å²) in [6.45, 7) is 3.07. The van der Waals surface area contributed by atoms with Gasteiger partial charge in [0, 0.05) is 25.2 Å². The maximum Gasteiger partial charge on any atom is 0.167 e. The van der Waals surface area contributed by atoms with E-state index in [1.165, 1.54) is 19.6 Å². The fraction of sp³-hybridized carbons (Fsp3) is 0.538. The Morgan fingerprint density at radius 2 is 2.33 bits per heavy atom. The maximum absolute atomic E-state index is 13.4. The second-order valence-electron chi connectivity index (χ2n) is 4.87. The first-order valence-electron chi connectivity index (χ1n) is 6.15. The highest BCUT2D eigenvalue weighted by Gasteiger charge is 2.19. The van der Waals surface area contributed by atoms with E-state index in [1.807, 2.05) is 0 Å². The molecule has 0 bridgehead atoms. The summed E-state index contributed by atoms with van der Waals surface area (Å²) in [5, 5.41) is 3.28. The predicted octanol–water partition coefficient (Wildman–Crippen LogP) is 1.78. The Hall–Kier alpha value is -1.49. The number of hydrogen-bond acceptors (Lipinski definition) is 4. The average Bonchev–Trinajstić information content (AvgIpc) is 2.74. The summed E-state index contributed by atoms with van der Waals surface area (Å²) >= 11 is 0. The molecule has 0 spiro atoms. The lowest BCUT2D eigenvalue weighted by Crippen LogP contribution is -2.19. The summed E-state index contributed by atoms with van der Waals surface area (Å²) in [4.78, 5) is 2.31. The summed E-state index contributed by atoms with van der Waals surface area (Å²) in [7, 11) is 3.57. The third-order valence-electron chi connectivity index (χ3n) is 3.39. The largest absolute Gasteiger partial charge is 0.494 e. The molecule has 1 aliphatic rings. The third kappa shape index (κ3) is 2.85. The molecule has 0 saturated carbocycles. The van der Waals surface area contributed by atoms with Gasteiger partial charge in [-0.2, -0.15) is 0 Å². The van der Waals surface area contributed by atoms with Gasteiger partial charge in [0.25, 0.3) is 0 Å². The fourth-order valence-corrected chi connectivity index (χ4v) is 2.33. The first-order chi connectivity index (χ1) is 8.60. The van der Waals surface area contributed by atoms with Crippen LogP contribution < -0.4 is 15.8 Å². The van der Waals surface area contributed by atoms with Crippen LogP contribution in [0.25, 0.3) is 0 Å². The molecule has 1 saturated heterocycles. The minimum atomic E-state index is -0.429. The van der Waals surface area contributed by atoms with E-state index in [0.717, 1.165) is 25.3 Å². The Kier molecular flexibility index (Phi) is 3.91. The van der Waals surface area contributed by atoms with E-state index in [4.69, 9.17) is 10.5 Å². The summed E-state index contributed by atoms with van der Waals surface area (Å²) in [6.07, 6.45) is 1.18. The van der Waals surface area contributed by atoms with E-state index in [1.54, 1.807) is 6.07 Å². The second kappa shape index (κ2) is 5.44. The van der Waals surface area contributed by atoms with Crippen molar-refractivity contribution in [2.24, 2.45) is 5.92 Å². The average molecular weight is 253 g/mol. The summed E-state index contributed by atoms with van der Waals surface area (Å²) < 4.78 is 18.3. The molecular weight excluding hydrogens is 233 g/mol. The third-order valence-corrected chi connectivity index (χ3v) is 3.39. The van der Waals surface area contributed by atoms with E-state index in [0.29, 0.717) is 11.6 Å². The smallest absolute Gasteiger partial charge is 0.167 e. The predicted molar refractivity (Wildman–Crippen MR) is 71.5 cm³/mol. The number of hydrogen-bond donors (Lipinski definition) is 2. The van der Waals surface area contributed by atoms with Crippen molar-refractivity contribution in [1.82, 2.24) is 4.90 Å². The van der Waals surface area contributed by atoms with Crippen molar-refractivity contribution in [3.8, 4) is 5.75 Å². The molecule has 1 aliphatic heterocycles. The molecule has 1 fully saturated rings. The van der Waals surface area contributed by atoms with Gasteiger partial charge >= 0.3 is 0 Å². The maximum atomic E-state index is 13.4. The van der Waals surface area contributed by atoms with E-state index < -0.39 is 5.82 Å². The Morgan fingerprint density at radius 1 is 1.56 bits per heavy atom. The lowest BCUT2D eigenvalue weighted by atomic mass is 10.1. The molecule has 1 atom stereocenters. The van der Waals surface area contributed by atoms with Crippen molar-refractivity contribution in [1.29, 1.82) is 0 Å². The summed E-state index contributed by atoms with van der Waals surface area (Å²) in [5.41, 5.74) is 6.94. The molecule has 1 aromatic carbocycles. The van der Waals surface area contributed by atoms with Gasteiger partial charge in [-0.05, 0) is 25.9 Å². The number of nitrogens with zero attached hydrogens (tertiary/aromatic N) is 1. The Morgan fingerprint density at radius 3 is 2.94 bits per heavy atom. The Balaban J connectivity index is 2.00. The van der Waals surface area contributed by atoms with Crippen LogP contribution >= 0.6 is 0 Å². The van der Waals surface area contributed by atoms with Crippen LogP contribution in [0.3, 0.4) is 0 Å². The number of benzene rings is 1. The number of halogens is 1. The first-order valence-corrected chi connectivity index (χ1v) is 6.15. The van der Waals surface area contributed by atoms with Crippen molar-refractivity contribution < 1.29 is 9.13 Å². The molecule has 0 amide bonds. The van der Waals surface area contributed by atoms with Crippen molar-refractivity contribution in [3.63, 3.8) is 0 Å². The van der Waals surface area contributed by atoms with Gasteiger partial charge in [0.05, 0.1) is 18.5 Å². The molecule has 4 nitrogen and oxygen atoms in total. The number of nitrogen functional groups attached to an aromatic ring is 1. The van der Waals surface area contributed by atoms with Gasteiger partial charge in [-0.15, -0.1) is 0 Å². The second-order valence-corrected chi connectivity index (χ2v) is 4.87. The van der Waals surface area contributed by atoms with Crippen LogP contribution in [-0.4, -0.2) is 38.7 Å². The van der Waals surface area contributed by atoms with E-state index >= 15 is 0 Å². The lowest BCUT2D eigenvalue weighted by Gasteiger charge is -2.15. The summed E-state index contributed by atoms with van der Waals surface area (Å²) in [6, 6.07) is 2.91. The zero-order valence-electron chi connectivity index (χ0n) is 10.9. The number of nitrogens with two attached hydrogens (primary N) is 1. The normalized spacial score (nSPS) is 20.1. The van der Waals surface area contributed by atoms with Gasteiger partial charge in [0.15, 0.2) is 11.6 Å². The molecule has 5 heteroatoms. The van der Waals surface area contributed by atoms with E-state index in [9.17, 15) is 4.39 Å². The number of anilines is 2. The molecule has 3 N–H and O–H groups in total. The molecule has 2 rings (SSSR count). The highest BCUT2D eigenvalue weighted by atomic mass is 19.1. The molecule has 100 valence electrons. The Labute approximate surface area is 107 Å². The highest BCUT2D eigenvalue weighted by molar-refractivity contribution is 5.68. The zero-order chi connectivity index (χ0) is 13.1. The van der Waals surface area contributed by atoms with Crippen molar-refractivity contribution in [2.45, 2.75) is 6.42 Å². The van der Waals surface area contributed by atoms with Crippen molar-refractivity contribution >= 4 is 11.4 Å². The lowest BCUT2D eigenvalue weighted by molar-refractivity contribution is 0.387. The minimum Gasteiger partial charge on any atom is -0.494 e. The van der Waals surface area contributed by atoms with Crippen LogP contribution in [-0.2, 0) is 0 Å². The summed E-state index contributed by atoms with van der Waals surface area (Å²) in [5.74, 6) is 0.404. The number of ether oxygens (including phenoxy) is 1. The first kappa shape index (κ1) is 13.0. The molecule has 0 aliphatic carbocycles. The van der Waals surface area contributed by atoms with Crippen molar-refractivity contribution in [3.05, 3.63) is 17.9 Å². The molecule has 1 heterocycles. The number of likely N-dealkylation sites (tertiary alicyclic amines) is 1. The number of nitrogens with one attached hydrogen (secondary N) is 1. The number of rotatable bonds is 4. The SMILES string of the molecule is COc1cc(NCC2CCN(C)C2)c(N)cc1F. The van der Waals surface area contributed by atoms with Crippen LogP contribution in [0.4, 0.5) is 15.8 Å². The molecule has 0 radical (unpaired) electrons. The molecule has 1 aromatic rings. The van der Waals surface area contributed by atoms with E-state index in [-0.39, 0.29) is 5.75 Å². The van der Waals surface area contributed by atoms with Crippen molar-refractivity contribution in [2.75, 3.05) is 44.8 Å². The minimum absolute atomic E-state index is 0.218. The quantitative estimate of drug-likeness (QED) is 0.803. The zero-order valence-corrected chi connectivity index (χ0v) is 10.9. The van der Waals surface area contributed by atoms with Gasteiger partial charge in [0.2, 0.25) is 0 Å². The standard InChI is InChI=1S/C13H20FN3O/c1-17-4-3-9(8-17)7-16-12-6-13(18-2)10(14)5-11(12)15/h5-6,9,16H,3-4,7-8,15H2,1-2H3. The van der Waals surface area contributed by atoms with Gasteiger partial charge in [-0.25, -0.2) is 4.39 Å². The van der Waals surface area contributed by atoms with Crippen LogP contribution in [0.5, 0.6) is 5.75 Å². The highest BCUT2D eigenvalue weighted by Crippen LogP contribution is 2.28. The fourth-order valence-electron chi connectivity index (χ4n) is 2.33. The molecule has 0 aromatic heterocycles. The van der Waals surface area contributed by atoms with Gasteiger partial charge < -0.3 is 20.7 Å². The molecular formula is C13H20FN3O. The Bertz CT molecular complexity index is 425. The van der Waals surface area contributed by atoms with Crippen LogP contribution in [0, 0.1) is 11.7 Å². The molecule has 1 unspecified atom stereocenters. The molecule has 18 heavy (non-hydrogen) atoms. The van der Waals surface area contributed by atoms with E-state index in [2.05, 4.69) is 17.3 Å². The van der Waals surface area contributed by atoms with Crippen LogP contribution in [0.2, 0.25) is 0 Å². The topological polar surface area (TPSA) is 50.5 Å². The van der Waals surface area contributed by atoms with Crippen LogP contribution in [0.1, 0.15) is 6.42 Å². The number of methoxy groups -OCH3 is 1.